The summed E-state index contributed by atoms with van der Waals surface area (Å²) in [6, 6.07) is 17.1. The molecule has 3 aromatic rings. The van der Waals surface area contributed by atoms with Crippen LogP contribution in [0.1, 0.15) is 0 Å². The average Bonchev–Trinajstić information content (AvgIpc) is 2.64. The lowest BCUT2D eigenvalue weighted by Gasteiger charge is -2.08. The van der Waals surface area contributed by atoms with Gasteiger partial charge < -0.3 is 10.1 Å². The summed E-state index contributed by atoms with van der Waals surface area (Å²) in [4.78, 5) is 23.4. The Morgan fingerprint density at radius 3 is 2.42 bits per heavy atom. The molecule has 0 aliphatic heterocycles. The number of hydrogen-bond donors (Lipinski definition) is 1. The van der Waals surface area contributed by atoms with Crippen molar-refractivity contribution in [1.29, 1.82) is 0 Å². The van der Waals surface area contributed by atoms with Gasteiger partial charge in [-0.2, -0.15) is 5.10 Å². The zero-order valence-electron chi connectivity index (χ0n) is 14.0. The highest BCUT2D eigenvalue weighted by Crippen LogP contribution is 2.19. The van der Waals surface area contributed by atoms with E-state index in [0.717, 1.165) is 5.56 Å². The fraction of sp³-hybridized carbons (Fsp3) is 0.105. The van der Waals surface area contributed by atoms with Gasteiger partial charge in [-0.1, -0.05) is 23.7 Å². The lowest BCUT2D eigenvalue weighted by atomic mass is 10.1. The number of carbonyl (C=O) groups is 1. The van der Waals surface area contributed by atoms with Crippen LogP contribution in [-0.4, -0.2) is 22.3 Å². The van der Waals surface area contributed by atoms with E-state index >= 15 is 0 Å². The Bertz CT molecular complexity index is 967. The number of ether oxygens (including phenoxy) is 1. The number of nitrogens with one attached hydrogen (secondary N) is 1. The van der Waals surface area contributed by atoms with Gasteiger partial charge >= 0.3 is 0 Å². The van der Waals surface area contributed by atoms with Crippen molar-refractivity contribution in [1.82, 2.24) is 9.78 Å². The Hall–Kier alpha value is -3.12. The summed E-state index contributed by atoms with van der Waals surface area (Å²) in [5.74, 6) is 0.300. The molecule has 26 heavy (non-hydrogen) atoms. The number of hydrogen-bond acceptors (Lipinski definition) is 4. The molecule has 132 valence electrons. The standard InChI is InChI=1S/C19H16ClN3O3/c1-23-19(25)11-10-17(22-23)13-2-6-15(7-3-13)21-18(24)12-26-16-8-4-14(20)5-9-16/h2-11H,12H2,1H3,(H,21,24). The van der Waals surface area contributed by atoms with Crippen molar-refractivity contribution in [3.05, 3.63) is 76.0 Å². The van der Waals surface area contributed by atoms with Crippen LogP contribution in [0.25, 0.3) is 11.3 Å². The molecule has 0 unspecified atom stereocenters. The van der Waals surface area contributed by atoms with Gasteiger partial charge in [0.15, 0.2) is 6.61 Å². The second kappa shape index (κ2) is 7.84. The van der Waals surface area contributed by atoms with Crippen molar-refractivity contribution in [2.75, 3.05) is 11.9 Å². The molecule has 0 radical (unpaired) electrons. The van der Waals surface area contributed by atoms with E-state index in [1.807, 2.05) is 12.1 Å². The molecule has 1 heterocycles. The minimum absolute atomic E-state index is 0.105. The lowest BCUT2D eigenvalue weighted by Crippen LogP contribution is -2.20. The Balaban J connectivity index is 1.59. The largest absolute Gasteiger partial charge is 0.484 e. The average molecular weight is 370 g/mol. The van der Waals surface area contributed by atoms with Crippen LogP contribution in [0.3, 0.4) is 0 Å². The monoisotopic (exact) mass is 369 g/mol. The summed E-state index contributed by atoms with van der Waals surface area (Å²) in [6.07, 6.45) is 0. The number of carbonyl (C=O) groups excluding carboxylic acids is 1. The van der Waals surface area contributed by atoms with Gasteiger partial charge in [0.2, 0.25) is 0 Å². The zero-order chi connectivity index (χ0) is 18.5. The lowest BCUT2D eigenvalue weighted by molar-refractivity contribution is -0.118. The Labute approximate surface area is 155 Å². The van der Waals surface area contributed by atoms with Gasteiger partial charge in [-0.05, 0) is 42.5 Å². The molecule has 0 bridgehead atoms. The second-order valence-corrected chi connectivity index (χ2v) is 5.98. The number of rotatable bonds is 5. The molecule has 0 aliphatic carbocycles. The predicted octanol–water partition coefficient (Wildman–Crippen LogP) is 3.12. The first-order valence-electron chi connectivity index (χ1n) is 7.84. The maximum atomic E-state index is 12.0. The molecule has 0 aliphatic rings. The van der Waals surface area contributed by atoms with Crippen LogP contribution in [0.4, 0.5) is 5.69 Å². The van der Waals surface area contributed by atoms with E-state index in [1.54, 1.807) is 49.5 Å². The Morgan fingerprint density at radius 1 is 1.08 bits per heavy atom. The van der Waals surface area contributed by atoms with E-state index < -0.39 is 0 Å². The van der Waals surface area contributed by atoms with Gasteiger partial charge in [0.1, 0.15) is 5.75 Å². The van der Waals surface area contributed by atoms with Crippen LogP contribution >= 0.6 is 11.6 Å². The van der Waals surface area contributed by atoms with Gasteiger partial charge in [-0.25, -0.2) is 4.68 Å². The van der Waals surface area contributed by atoms with E-state index in [-0.39, 0.29) is 18.1 Å². The van der Waals surface area contributed by atoms with Crippen molar-refractivity contribution in [2.24, 2.45) is 7.05 Å². The third-order valence-corrected chi connectivity index (χ3v) is 3.86. The number of aryl methyl sites for hydroxylation is 1. The van der Waals surface area contributed by atoms with Crippen molar-refractivity contribution in [3.63, 3.8) is 0 Å². The summed E-state index contributed by atoms with van der Waals surface area (Å²) in [7, 11) is 1.60. The van der Waals surface area contributed by atoms with Crippen LogP contribution in [-0.2, 0) is 11.8 Å². The quantitative estimate of drug-likeness (QED) is 0.750. The third kappa shape index (κ3) is 4.49. The number of anilines is 1. The summed E-state index contributed by atoms with van der Waals surface area (Å²) in [6.45, 7) is -0.105. The van der Waals surface area contributed by atoms with Crippen LogP contribution in [0, 0.1) is 0 Å². The first-order chi connectivity index (χ1) is 12.5. The van der Waals surface area contributed by atoms with Gasteiger partial charge in [0, 0.05) is 29.4 Å². The van der Waals surface area contributed by atoms with Gasteiger partial charge in [0.25, 0.3) is 11.5 Å². The summed E-state index contributed by atoms with van der Waals surface area (Å²) in [5.41, 5.74) is 1.99. The van der Waals surface area contributed by atoms with E-state index in [4.69, 9.17) is 16.3 Å². The van der Waals surface area contributed by atoms with Crippen molar-refractivity contribution in [3.8, 4) is 17.0 Å². The van der Waals surface area contributed by atoms with Gasteiger partial charge in [-0.3, -0.25) is 9.59 Å². The predicted molar refractivity (Wildman–Crippen MR) is 100 cm³/mol. The van der Waals surface area contributed by atoms with Crippen molar-refractivity contribution in [2.45, 2.75) is 0 Å². The second-order valence-electron chi connectivity index (χ2n) is 5.55. The minimum Gasteiger partial charge on any atom is -0.484 e. The number of benzene rings is 2. The number of nitrogens with zero attached hydrogens (tertiary/aromatic N) is 2. The topological polar surface area (TPSA) is 73.2 Å². The van der Waals surface area contributed by atoms with Crippen LogP contribution in [0.15, 0.2) is 65.5 Å². The zero-order valence-corrected chi connectivity index (χ0v) is 14.7. The smallest absolute Gasteiger partial charge is 0.266 e. The molecule has 0 atom stereocenters. The highest BCUT2D eigenvalue weighted by molar-refractivity contribution is 6.30. The summed E-state index contributed by atoms with van der Waals surface area (Å²) in [5, 5.41) is 7.55. The minimum atomic E-state index is -0.270. The molecule has 2 aromatic carbocycles. The molecular weight excluding hydrogens is 354 g/mol. The van der Waals surface area contributed by atoms with E-state index in [0.29, 0.717) is 22.2 Å². The maximum Gasteiger partial charge on any atom is 0.266 e. The maximum absolute atomic E-state index is 12.0. The van der Waals surface area contributed by atoms with Crippen molar-refractivity contribution < 1.29 is 9.53 Å². The number of halogens is 1. The van der Waals surface area contributed by atoms with Crippen molar-refractivity contribution >= 4 is 23.2 Å². The molecule has 0 fully saturated rings. The fourth-order valence-corrected chi connectivity index (χ4v) is 2.38. The fourth-order valence-electron chi connectivity index (χ4n) is 2.26. The molecule has 0 saturated heterocycles. The summed E-state index contributed by atoms with van der Waals surface area (Å²) >= 11 is 5.80. The van der Waals surface area contributed by atoms with Crippen LogP contribution in [0.2, 0.25) is 5.02 Å². The van der Waals surface area contributed by atoms with Crippen LogP contribution < -0.4 is 15.6 Å². The molecule has 0 saturated carbocycles. The number of amides is 1. The summed E-state index contributed by atoms with van der Waals surface area (Å²) < 4.78 is 6.68. The SMILES string of the molecule is Cn1nc(-c2ccc(NC(=O)COc3ccc(Cl)cc3)cc2)ccc1=O. The molecule has 6 nitrogen and oxygen atoms in total. The normalized spacial score (nSPS) is 10.4. The van der Waals surface area contributed by atoms with E-state index in [1.165, 1.54) is 10.7 Å². The first-order valence-corrected chi connectivity index (χ1v) is 8.22. The van der Waals surface area contributed by atoms with E-state index in [9.17, 15) is 9.59 Å². The Kier molecular flexibility index (Phi) is 5.34. The molecule has 1 amide bonds. The highest BCUT2D eigenvalue weighted by Gasteiger charge is 2.06. The molecule has 3 rings (SSSR count). The first kappa shape index (κ1) is 17.7. The molecular formula is C19H16ClN3O3. The van der Waals surface area contributed by atoms with E-state index in [2.05, 4.69) is 10.4 Å². The Morgan fingerprint density at radius 2 is 1.77 bits per heavy atom. The molecule has 7 heteroatoms. The molecule has 0 spiro atoms. The van der Waals surface area contributed by atoms with Crippen LogP contribution in [0.5, 0.6) is 5.75 Å². The van der Waals surface area contributed by atoms with Gasteiger partial charge in [0.05, 0.1) is 5.69 Å². The molecule has 1 aromatic heterocycles. The number of aromatic nitrogens is 2. The highest BCUT2D eigenvalue weighted by atomic mass is 35.5. The third-order valence-electron chi connectivity index (χ3n) is 3.61. The van der Waals surface area contributed by atoms with Gasteiger partial charge in [-0.15, -0.1) is 0 Å². The molecule has 1 N–H and O–H groups in total.